The van der Waals surface area contributed by atoms with E-state index in [0.717, 1.165) is 24.8 Å². The molecule has 2 aromatic rings. The second-order valence-electron chi connectivity index (χ2n) is 6.75. The number of benzene rings is 2. The van der Waals surface area contributed by atoms with Crippen LogP contribution >= 0.6 is 0 Å². The van der Waals surface area contributed by atoms with Gasteiger partial charge in [0.2, 0.25) is 0 Å². The normalized spacial score (nSPS) is 19.0. The lowest BCUT2D eigenvalue weighted by Crippen LogP contribution is -2.33. The molecule has 0 N–H and O–H groups in total. The zero-order chi connectivity index (χ0) is 20.4. The second-order valence-corrected chi connectivity index (χ2v) is 6.75. The Kier molecular flexibility index (Phi) is 6.00. The first kappa shape index (κ1) is 20.7. The maximum atomic E-state index is 13.0. The molecule has 0 bridgehead atoms. The smallest absolute Gasteiger partial charge is 0.294 e. The first-order chi connectivity index (χ1) is 13.1. The second kappa shape index (κ2) is 8.13. The molecule has 1 atom stereocenters. The zero-order valence-corrected chi connectivity index (χ0v) is 14.9. The molecular weight excluding hydrogens is 384 g/mol. The Hall–Kier alpha value is -2.06. The summed E-state index contributed by atoms with van der Waals surface area (Å²) in [5.41, 5.74) is -1.83. The number of hydrogen-bond donors (Lipinski definition) is 0. The quantitative estimate of drug-likeness (QED) is 0.549. The average molecular weight is 403 g/mol. The van der Waals surface area contributed by atoms with Gasteiger partial charge >= 0.3 is 12.4 Å². The first-order valence-electron chi connectivity index (χ1n) is 8.87. The number of piperidine rings is 1. The Labute approximate surface area is 158 Å². The molecule has 2 aromatic carbocycles. The van der Waals surface area contributed by atoms with Crippen molar-refractivity contribution in [1.29, 1.82) is 0 Å². The molecule has 1 heterocycles. The van der Waals surface area contributed by atoms with E-state index < -0.39 is 23.5 Å². The maximum absolute atomic E-state index is 13.0. The standard InChI is InChI=1S/C20H19F6NO/c21-19(22,23)16-10-14(11-17(12-16)20(24,25)26)13-28-27-9-5-4-8-18(27)15-6-2-1-3-7-15/h1-3,6-7,10-12,18H,4-5,8-9,13H2. The van der Waals surface area contributed by atoms with Crippen LogP contribution in [0.5, 0.6) is 0 Å². The number of rotatable bonds is 4. The van der Waals surface area contributed by atoms with Crippen molar-refractivity contribution in [3.8, 4) is 0 Å². The van der Waals surface area contributed by atoms with E-state index in [1.165, 1.54) is 0 Å². The third-order valence-corrected chi connectivity index (χ3v) is 4.68. The zero-order valence-electron chi connectivity index (χ0n) is 14.9. The van der Waals surface area contributed by atoms with Crippen LogP contribution in [0.4, 0.5) is 26.3 Å². The van der Waals surface area contributed by atoms with Crippen molar-refractivity contribution in [1.82, 2.24) is 5.06 Å². The number of alkyl halides is 6. The summed E-state index contributed by atoms with van der Waals surface area (Å²) in [4.78, 5) is 5.67. The van der Waals surface area contributed by atoms with Crippen molar-refractivity contribution in [2.24, 2.45) is 0 Å². The van der Waals surface area contributed by atoms with Crippen molar-refractivity contribution in [3.05, 3.63) is 70.8 Å². The molecule has 0 aliphatic carbocycles. The van der Waals surface area contributed by atoms with Gasteiger partial charge in [0.05, 0.1) is 23.8 Å². The maximum Gasteiger partial charge on any atom is 0.416 e. The van der Waals surface area contributed by atoms with E-state index in [1.54, 1.807) is 5.06 Å². The van der Waals surface area contributed by atoms with E-state index in [2.05, 4.69) is 0 Å². The van der Waals surface area contributed by atoms with Crippen molar-refractivity contribution in [2.75, 3.05) is 6.54 Å². The Balaban J connectivity index is 1.81. The van der Waals surface area contributed by atoms with Crippen molar-refractivity contribution in [2.45, 2.75) is 44.3 Å². The van der Waals surface area contributed by atoms with Crippen LogP contribution in [0.1, 0.15) is 47.6 Å². The van der Waals surface area contributed by atoms with Crippen LogP contribution in [-0.4, -0.2) is 11.6 Å². The topological polar surface area (TPSA) is 12.5 Å². The Bertz CT molecular complexity index is 755. The largest absolute Gasteiger partial charge is 0.416 e. The van der Waals surface area contributed by atoms with Gasteiger partial charge in [-0.3, -0.25) is 4.84 Å². The minimum absolute atomic E-state index is 0.0807. The van der Waals surface area contributed by atoms with Crippen molar-refractivity contribution < 1.29 is 31.2 Å². The van der Waals surface area contributed by atoms with Gasteiger partial charge in [-0.05, 0) is 42.2 Å². The lowest BCUT2D eigenvalue weighted by molar-refractivity contribution is -0.209. The summed E-state index contributed by atoms with van der Waals surface area (Å²) in [5, 5.41) is 1.66. The minimum Gasteiger partial charge on any atom is -0.294 e. The lowest BCUT2D eigenvalue weighted by atomic mass is 9.97. The lowest BCUT2D eigenvalue weighted by Gasteiger charge is -2.35. The van der Waals surface area contributed by atoms with Gasteiger partial charge in [-0.1, -0.05) is 36.8 Å². The average Bonchev–Trinajstić information content (AvgIpc) is 2.66. The summed E-state index contributed by atoms with van der Waals surface area (Å²) in [6.07, 6.45) is -7.11. The summed E-state index contributed by atoms with van der Waals surface area (Å²) in [7, 11) is 0. The predicted octanol–water partition coefficient (Wildman–Crippen LogP) is 6.38. The monoisotopic (exact) mass is 403 g/mol. The van der Waals surface area contributed by atoms with Gasteiger partial charge in [0.1, 0.15) is 0 Å². The summed E-state index contributed by atoms with van der Waals surface area (Å²) in [6.45, 7) is 0.195. The fourth-order valence-corrected chi connectivity index (χ4v) is 3.33. The third kappa shape index (κ3) is 5.05. The SMILES string of the molecule is FC(F)(F)c1cc(CON2CCCCC2c2ccccc2)cc(C(F)(F)F)c1. The van der Waals surface area contributed by atoms with Gasteiger partial charge in [-0.15, -0.1) is 0 Å². The molecule has 0 amide bonds. The van der Waals surface area contributed by atoms with Crippen LogP contribution in [0.3, 0.4) is 0 Å². The van der Waals surface area contributed by atoms with Crippen LogP contribution in [0.25, 0.3) is 0 Å². The molecule has 1 fully saturated rings. The summed E-state index contributed by atoms with van der Waals surface area (Å²) in [5.74, 6) is 0. The highest BCUT2D eigenvalue weighted by Gasteiger charge is 2.37. The molecule has 0 radical (unpaired) electrons. The Morgan fingerprint density at radius 2 is 1.46 bits per heavy atom. The van der Waals surface area contributed by atoms with E-state index in [-0.39, 0.29) is 24.3 Å². The summed E-state index contributed by atoms with van der Waals surface area (Å²) >= 11 is 0. The van der Waals surface area contributed by atoms with Gasteiger partial charge < -0.3 is 0 Å². The molecule has 0 spiro atoms. The molecule has 28 heavy (non-hydrogen) atoms. The van der Waals surface area contributed by atoms with E-state index in [9.17, 15) is 26.3 Å². The fraction of sp³-hybridized carbons (Fsp3) is 0.400. The van der Waals surface area contributed by atoms with Gasteiger partial charge in [-0.2, -0.15) is 31.4 Å². The van der Waals surface area contributed by atoms with Crippen molar-refractivity contribution in [3.63, 3.8) is 0 Å². The number of halogens is 6. The van der Waals surface area contributed by atoms with Crippen LogP contribution < -0.4 is 0 Å². The Morgan fingerprint density at radius 3 is 2.04 bits per heavy atom. The molecule has 1 saturated heterocycles. The Morgan fingerprint density at radius 1 is 0.857 bits per heavy atom. The molecule has 1 aliphatic rings. The van der Waals surface area contributed by atoms with Gasteiger partial charge in [-0.25, -0.2) is 0 Å². The number of nitrogens with zero attached hydrogens (tertiary/aromatic N) is 1. The molecule has 1 unspecified atom stereocenters. The van der Waals surface area contributed by atoms with Gasteiger partial charge in [0.15, 0.2) is 0 Å². The molecule has 8 heteroatoms. The molecule has 152 valence electrons. The van der Waals surface area contributed by atoms with Crippen molar-refractivity contribution >= 4 is 0 Å². The highest BCUT2D eigenvalue weighted by molar-refractivity contribution is 5.33. The first-order valence-corrected chi connectivity index (χ1v) is 8.87. The molecular formula is C20H19F6NO. The summed E-state index contributed by atoms with van der Waals surface area (Å²) < 4.78 is 78.0. The highest BCUT2D eigenvalue weighted by Crippen LogP contribution is 2.37. The third-order valence-electron chi connectivity index (χ3n) is 4.68. The molecule has 0 saturated carbocycles. The minimum atomic E-state index is -4.87. The molecule has 0 aromatic heterocycles. The molecule has 1 aliphatic heterocycles. The molecule has 2 nitrogen and oxygen atoms in total. The van der Waals surface area contributed by atoms with Gasteiger partial charge in [0, 0.05) is 6.54 Å². The fourth-order valence-electron chi connectivity index (χ4n) is 3.33. The summed E-state index contributed by atoms with van der Waals surface area (Å²) in [6, 6.07) is 10.9. The van der Waals surface area contributed by atoms with E-state index in [4.69, 9.17) is 4.84 Å². The van der Waals surface area contributed by atoms with Crippen LogP contribution in [0, 0.1) is 0 Å². The van der Waals surface area contributed by atoms with Gasteiger partial charge in [0.25, 0.3) is 0 Å². The van der Waals surface area contributed by atoms with E-state index >= 15 is 0 Å². The number of hydroxylamine groups is 2. The van der Waals surface area contributed by atoms with Crippen LogP contribution in [0.15, 0.2) is 48.5 Å². The van der Waals surface area contributed by atoms with Crippen LogP contribution in [0.2, 0.25) is 0 Å². The highest BCUT2D eigenvalue weighted by atomic mass is 19.4. The van der Waals surface area contributed by atoms with E-state index in [1.807, 2.05) is 30.3 Å². The van der Waals surface area contributed by atoms with Crippen LogP contribution in [-0.2, 0) is 23.8 Å². The number of hydrogen-bond acceptors (Lipinski definition) is 2. The predicted molar refractivity (Wildman–Crippen MR) is 91.0 cm³/mol. The van der Waals surface area contributed by atoms with E-state index in [0.29, 0.717) is 18.7 Å². The molecule has 3 rings (SSSR count).